The highest BCUT2D eigenvalue weighted by molar-refractivity contribution is 7.88. The van der Waals surface area contributed by atoms with E-state index in [-0.39, 0.29) is 24.9 Å². The summed E-state index contributed by atoms with van der Waals surface area (Å²) in [6.45, 7) is 3.85. The van der Waals surface area contributed by atoms with Gasteiger partial charge in [-0.2, -0.15) is 9.57 Å². The molecule has 0 heterocycles. The molecule has 22 heavy (non-hydrogen) atoms. The highest BCUT2D eigenvalue weighted by Gasteiger charge is 2.22. The fourth-order valence-corrected chi connectivity index (χ4v) is 3.24. The van der Waals surface area contributed by atoms with E-state index in [1.165, 1.54) is 4.31 Å². The lowest BCUT2D eigenvalue weighted by Crippen LogP contribution is -2.39. The van der Waals surface area contributed by atoms with Crippen LogP contribution in [0.25, 0.3) is 0 Å². The smallest absolute Gasteiger partial charge is 0.225 e. The largest absolute Gasteiger partial charge is 0.326 e. The summed E-state index contributed by atoms with van der Waals surface area (Å²) >= 11 is 0. The lowest BCUT2D eigenvalue weighted by Gasteiger charge is -2.25. The summed E-state index contributed by atoms with van der Waals surface area (Å²) < 4.78 is 24.8. The maximum atomic E-state index is 11.9. The van der Waals surface area contributed by atoms with Crippen LogP contribution in [0.1, 0.15) is 32.3 Å². The van der Waals surface area contributed by atoms with E-state index in [1.54, 1.807) is 24.3 Å². The summed E-state index contributed by atoms with van der Waals surface area (Å²) in [6, 6.07) is 8.42. The van der Waals surface area contributed by atoms with Crippen molar-refractivity contribution in [2.45, 2.75) is 32.7 Å². The molecule has 1 atom stereocenters. The Morgan fingerprint density at radius 3 is 2.68 bits per heavy atom. The minimum absolute atomic E-state index is 0.0637. The number of nitrogens with one attached hydrogen (secondary N) is 1. The summed E-state index contributed by atoms with van der Waals surface area (Å²) in [7, 11) is -3.35. The summed E-state index contributed by atoms with van der Waals surface area (Å²) in [5.41, 5.74) is 0.980. The van der Waals surface area contributed by atoms with Crippen LogP contribution < -0.4 is 5.32 Å². The second kappa shape index (κ2) is 7.92. The van der Waals surface area contributed by atoms with E-state index in [0.29, 0.717) is 17.7 Å². The monoisotopic (exact) mass is 323 g/mol. The van der Waals surface area contributed by atoms with Gasteiger partial charge in [-0.05, 0) is 31.5 Å². The third-order valence-corrected chi connectivity index (χ3v) is 4.74. The van der Waals surface area contributed by atoms with Crippen molar-refractivity contribution in [2.75, 3.05) is 18.1 Å². The number of rotatable bonds is 7. The Hall–Kier alpha value is -1.91. The molecule has 0 saturated carbocycles. The molecule has 0 aliphatic heterocycles. The molecule has 0 bridgehead atoms. The van der Waals surface area contributed by atoms with E-state index >= 15 is 0 Å². The molecule has 1 rings (SSSR count). The molecule has 1 unspecified atom stereocenters. The first-order chi connectivity index (χ1) is 10.3. The first kappa shape index (κ1) is 18.1. The van der Waals surface area contributed by atoms with Gasteiger partial charge in [0, 0.05) is 24.7 Å². The lowest BCUT2D eigenvalue weighted by atomic mass is 10.2. The van der Waals surface area contributed by atoms with Gasteiger partial charge in [0.1, 0.15) is 0 Å². The van der Waals surface area contributed by atoms with Crippen LogP contribution in [0.2, 0.25) is 0 Å². The maximum Gasteiger partial charge on any atom is 0.225 e. The van der Waals surface area contributed by atoms with Gasteiger partial charge in [-0.3, -0.25) is 4.79 Å². The molecule has 0 fully saturated rings. The minimum atomic E-state index is -3.35. The Kier molecular flexibility index (Phi) is 6.53. The number of nitriles is 1. The maximum absolute atomic E-state index is 11.9. The molecule has 1 N–H and O–H groups in total. The number of amides is 1. The number of benzene rings is 1. The molecule has 0 aromatic heterocycles. The molecule has 7 heteroatoms. The quantitative estimate of drug-likeness (QED) is 0.830. The number of carbonyl (C=O) groups excluding carboxylic acids is 1. The summed E-state index contributed by atoms with van der Waals surface area (Å²) in [5, 5.41) is 11.5. The van der Waals surface area contributed by atoms with Gasteiger partial charge in [-0.15, -0.1) is 0 Å². The van der Waals surface area contributed by atoms with Crippen LogP contribution in [-0.4, -0.2) is 37.5 Å². The van der Waals surface area contributed by atoms with Crippen molar-refractivity contribution in [3.63, 3.8) is 0 Å². The zero-order valence-electron chi connectivity index (χ0n) is 13.0. The summed E-state index contributed by atoms with van der Waals surface area (Å²) in [5.74, 6) is -0.285. The Morgan fingerprint density at radius 2 is 2.14 bits per heavy atom. The van der Waals surface area contributed by atoms with Crippen molar-refractivity contribution in [3.05, 3.63) is 29.8 Å². The van der Waals surface area contributed by atoms with Crippen LogP contribution in [0.3, 0.4) is 0 Å². The van der Waals surface area contributed by atoms with E-state index in [9.17, 15) is 13.2 Å². The van der Waals surface area contributed by atoms with Gasteiger partial charge < -0.3 is 5.32 Å². The van der Waals surface area contributed by atoms with Gasteiger partial charge in [0.15, 0.2) is 0 Å². The molecule has 120 valence electrons. The number of hydrogen-bond donors (Lipinski definition) is 1. The molecule has 1 amide bonds. The minimum Gasteiger partial charge on any atom is -0.326 e. The van der Waals surface area contributed by atoms with Crippen molar-refractivity contribution in [1.29, 1.82) is 5.26 Å². The number of hydrogen-bond acceptors (Lipinski definition) is 4. The number of nitrogens with zero attached hydrogens (tertiary/aromatic N) is 2. The fraction of sp³-hybridized carbons (Fsp3) is 0.467. The molecular weight excluding hydrogens is 302 g/mol. The molecule has 0 aliphatic carbocycles. The van der Waals surface area contributed by atoms with Gasteiger partial charge in [-0.25, -0.2) is 8.42 Å². The van der Waals surface area contributed by atoms with E-state index in [1.807, 2.05) is 19.9 Å². The molecular formula is C15H21N3O3S. The average Bonchev–Trinajstić information content (AvgIpc) is 2.45. The summed E-state index contributed by atoms with van der Waals surface area (Å²) in [4.78, 5) is 11.9. The average molecular weight is 323 g/mol. The van der Waals surface area contributed by atoms with Gasteiger partial charge in [0.25, 0.3) is 0 Å². The fourth-order valence-electron chi connectivity index (χ4n) is 2.02. The van der Waals surface area contributed by atoms with Crippen molar-refractivity contribution in [2.24, 2.45) is 0 Å². The second-order valence-corrected chi connectivity index (χ2v) is 7.06. The van der Waals surface area contributed by atoms with Crippen LogP contribution in [0.4, 0.5) is 5.69 Å². The molecule has 0 radical (unpaired) electrons. The van der Waals surface area contributed by atoms with E-state index in [2.05, 4.69) is 5.32 Å². The Bertz CT molecular complexity index is 665. The molecule has 0 aliphatic rings. The Balaban J connectivity index is 2.66. The van der Waals surface area contributed by atoms with Crippen LogP contribution >= 0.6 is 0 Å². The first-order valence-corrected chi connectivity index (χ1v) is 8.89. The topological polar surface area (TPSA) is 90.3 Å². The van der Waals surface area contributed by atoms with Gasteiger partial charge >= 0.3 is 0 Å². The van der Waals surface area contributed by atoms with E-state index in [4.69, 9.17) is 5.26 Å². The van der Waals surface area contributed by atoms with Crippen molar-refractivity contribution < 1.29 is 13.2 Å². The van der Waals surface area contributed by atoms with E-state index in [0.717, 1.165) is 6.26 Å². The second-order valence-electron chi connectivity index (χ2n) is 5.12. The zero-order chi connectivity index (χ0) is 16.8. The number of anilines is 1. The third-order valence-electron chi connectivity index (χ3n) is 3.34. The van der Waals surface area contributed by atoms with Crippen LogP contribution in [-0.2, 0) is 14.8 Å². The SMILES string of the molecule is CCC(C)N(CCC(=O)Nc1cccc(C#N)c1)S(C)(=O)=O. The Morgan fingerprint density at radius 1 is 1.45 bits per heavy atom. The molecule has 0 saturated heterocycles. The molecule has 6 nitrogen and oxygen atoms in total. The lowest BCUT2D eigenvalue weighted by molar-refractivity contribution is -0.116. The third kappa shape index (κ3) is 5.47. The normalized spacial score (nSPS) is 12.7. The molecule has 0 spiro atoms. The Labute approximate surface area is 131 Å². The van der Waals surface area contributed by atoms with Crippen molar-refractivity contribution >= 4 is 21.6 Å². The van der Waals surface area contributed by atoms with Gasteiger partial charge in [0.05, 0.1) is 17.9 Å². The zero-order valence-corrected chi connectivity index (χ0v) is 13.9. The van der Waals surface area contributed by atoms with Crippen LogP contribution in [0, 0.1) is 11.3 Å². The standard InChI is InChI=1S/C15H21N3O3S/c1-4-12(2)18(22(3,20)21)9-8-15(19)17-14-7-5-6-13(10-14)11-16/h5-7,10,12H,4,8-9H2,1-3H3,(H,17,19). The highest BCUT2D eigenvalue weighted by atomic mass is 32.2. The van der Waals surface area contributed by atoms with Crippen LogP contribution in [0.5, 0.6) is 0 Å². The molecule has 1 aromatic rings. The van der Waals surface area contributed by atoms with Crippen LogP contribution in [0.15, 0.2) is 24.3 Å². The first-order valence-electron chi connectivity index (χ1n) is 7.04. The summed E-state index contributed by atoms with van der Waals surface area (Å²) in [6.07, 6.45) is 1.89. The van der Waals surface area contributed by atoms with Crippen molar-refractivity contribution in [1.82, 2.24) is 4.31 Å². The highest BCUT2D eigenvalue weighted by Crippen LogP contribution is 2.12. The van der Waals surface area contributed by atoms with Gasteiger partial charge in [-0.1, -0.05) is 13.0 Å². The van der Waals surface area contributed by atoms with Gasteiger partial charge in [0.2, 0.25) is 15.9 Å². The van der Waals surface area contributed by atoms with Crippen molar-refractivity contribution in [3.8, 4) is 6.07 Å². The number of carbonyl (C=O) groups is 1. The van der Waals surface area contributed by atoms with E-state index < -0.39 is 10.0 Å². The number of sulfonamides is 1. The predicted molar refractivity (Wildman–Crippen MR) is 85.7 cm³/mol. The molecule has 1 aromatic carbocycles. The predicted octanol–water partition coefficient (Wildman–Crippen LogP) is 1.95.